The molecule has 0 fully saturated rings. The number of rotatable bonds is 10. The zero-order valence-corrected chi connectivity index (χ0v) is 12.2. The minimum absolute atomic E-state index is 0.693. The Morgan fingerprint density at radius 1 is 0.938 bits per heavy atom. The highest BCUT2D eigenvalue weighted by Gasteiger charge is 2.08. The van der Waals surface area contributed by atoms with Crippen molar-refractivity contribution in [1.29, 1.82) is 0 Å². The van der Waals surface area contributed by atoms with Crippen LogP contribution in [0.4, 0.5) is 0 Å². The normalized spacial score (nSPS) is 15.4. The SMILES string of the molecule is CCCCC(CC)CNC(C)CCC(C)C. The van der Waals surface area contributed by atoms with Crippen LogP contribution in [0.15, 0.2) is 0 Å². The molecule has 0 saturated heterocycles. The van der Waals surface area contributed by atoms with Crippen LogP contribution in [0.3, 0.4) is 0 Å². The first kappa shape index (κ1) is 16.0. The molecule has 1 heteroatoms. The fourth-order valence-corrected chi connectivity index (χ4v) is 2.00. The van der Waals surface area contributed by atoms with Crippen LogP contribution in [0.2, 0.25) is 0 Å². The summed E-state index contributed by atoms with van der Waals surface area (Å²) in [6.07, 6.45) is 8.11. The quantitative estimate of drug-likeness (QED) is 0.574. The average molecular weight is 227 g/mol. The Balaban J connectivity index is 3.57. The smallest absolute Gasteiger partial charge is 0.00389 e. The summed E-state index contributed by atoms with van der Waals surface area (Å²) >= 11 is 0. The molecule has 0 aromatic heterocycles. The molecule has 0 spiro atoms. The van der Waals surface area contributed by atoms with Gasteiger partial charge in [-0.05, 0) is 44.6 Å². The molecule has 2 unspecified atom stereocenters. The Morgan fingerprint density at radius 2 is 1.62 bits per heavy atom. The lowest BCUT2D eigenvalue weighted by Gasteiger charge is -2.20. The summed E-state index contributed by atoms with van der Waals surface area (Å²) in [5.41, 5.74) is 0. The number of unbranched alkanes of at least 4 members (excludes halogenated alkanes) is 1. The topological polar surface area (TPSA) is 12.0 Å². The number of hydrogen-bond acceptors (Lipinski definition) is 1. The van der Waals surface area contributed by atoms with Gasteiger partial charge in [0.15, 0.2) is 0 Å². The first-order valence-corrected chi connectivity index (χ1v) is 7.33. The molecular weight excluding hydrogens is 194 g/mol. The van der Waals surface area contributed by atoms with Gasteiger partial charge in [-0.1, -0.05) is 47.0 Å². The van der Waals surface area contributed by atoms with Crippen LogP contribution in [-0.2, 0) is 0 Å². The van der Waals surface area contributed by atoms with E-state index in [-0.39, 0.29) is 0 Å². The van der Waals surface area contributed by atoms with E-state index in [1.165, 1.54) is 45.1 Å². The molecule has 0 aliphatic carbocycles. The van der Waals surface area contributed by atoms with Crippen LogP contribution in [0.1, 0.15) is 73.1 Å². The molecular formula is C15H33N. The van der Waals surface area contributed by atoms with E-state index in [4.69, 9.17) is 0 Å². The van der Waals surface area contributed by atoms with Crippen LogP contribution in [0, 0.1) is 11.8 Å². The highest BCUT2D eigenvalue weighted by Crippen LogP contribution is 2.12. The van der Waals surface area contributed by atoms with Crippen LogP contribution in [-0.4, -0.2) is 12.6 Å². The van der Waals surface area contributed by atoms with Crippen LogP contribution in [0.5, 0.6) is 0 Å². The second-order valence-corrected chi connectivity index (χ2v) is 5.70. The van der Waals surface area contributed by atoms with Crippen molar-refractivity contribution >= 4 is 0 Å². The Kier molecular flexibility index (Phi) is 10.1. The monoisotopic (exact) mass is 227 g/mol. The lowest BCUT2D eigenvalue weighted by molar-refractivity contribution is 0.375. The van der Waals surface area contributed by atoms with Gasteiger partial charge in [0.25, 0.3) is 0 Å². The van der Waals surface area contributed by atoms with E-state index in [2.05, 4.69) is 39.9 Å². The maximum atomic E-state index is 3.70. The second-order valence-electron chi connectivity index (χ2n) is 5.70. The Hall–Kier alpha value is -0.0400. The number of nitrogens with one attached hydrogen (secondary N) is 1. The molecule has 1 nitrogen and oxygen atoms in total. The lowest BCUT2D eigenvalue weighted by atomic mass is 9.98. The van der Waals surface area contributed by atoms with Gasteiger partial charge in [-0.25, -0.2) is 0 Å². The van der Waals surface area contributed by atoms with Gasteiger partial charge in [0, 0.05) is 6.04 Å². The van der Waals surface area contributed by atoms with Crippen molar-refractivity contribution in [3.8, 4) is 0 Å². The van der Waals surface area contributed by atoms with Gasteiger partial charge >= 0.3 is 0 Å². The van der Waals surface area contributed by atoms with Crippen molar-refractivity contribution in [3.05, 3.63) is 0 Å². The molecule has 0 heterocycles. The third-order valence-electron chi connectivity index (χ3n) is 3.48. The van der Waals surface area contributed by atoms with Gasteiger partial charge in [0.1, 0.15) is 0 Å². The van der Waals surface area contributed by atoms with Gasteiger partial charge in [-0.2, -0.15) is 0 Å². The molecule has 0 rings (SSSR count). The molecule has 1 N–H and O–H groups in total. The zero-order valence-electron chi connectivity index (χ0n) is 12.2. The van der Waals surface area contributed by atoms with Crippen molar-refractivity contribution in [1.82, 2.24) is 5.32 Å². The summed E-state index contributed by atoms with van der Waals surface area (Å²) in [4.78, 5) is 0. The van der Waals surface area contributed by atoms with Gasteiger partial charge in [-0.3, -0.25) is 0 Å². The molecule has 0 aromatic carbocycles. The molecule has 16 heavy (non-hydrogen) atoms. The summed E-state index contributed by atoms with van der Waals surface area (Å²) in [7, 11) is 0. The Labute approximate surface area is 103 Å². The molecule has 0 aliphatic heterocycles. The minimum Gasteiger partial charge on any atom is -0.314 e. The van der Waals surface area contributed by atoms with E-state index in [9.17, 15) is 0 Å². The Morgan fingerprint density at radius 3 is 2.12 bits per heavy atom. The van der Waals surface area contributed by atoms with Crippen molar-refractivity contribution in [2.75, 3.05) is 6.54 Å². The van der Waals surface area contributed by atoms with Crippen molar-refractivity contribution in [2.45, 2.75) is 79.2 Å². The summed E-state index contributed by atoms with van der Waals surface area (Å²) in [5, 5.41) is 3.70. The van der Waals surface area contributed by atoms with E-state index in [1.54, 1.807) is 0 Å². The summed E-state index contributed by atoms with van der Waals surface area (Å²) in [5.74, 6) is 1.73. The number of hydrogen-bond donors (Lipinski definition) is 1. The molecule has 0 amide bonds. The summed E-state index contributed by atoms with van der Waals surface area (Å²) < 4.78 is 0. The molecule has 0 bridgehead atoms. The van der Waals surface area contributed by atoms with E-state index in [1.807, 2.05) is 0 Å². The van der Waals surface area contributed by atoms with E-state index in [0.29, 0.717) is 6.04 Å². The van der Waals surface area contributed by atoms with Gasteiger partial charge in [0.2, 0.25) is 0 Å². The van der Waals surface area contributed by atoms with Gasteiger partial charge in [0.05, 0.1) is 0 Å². The molecule has 0 aromatic rings. The molecule has 2 atom stereocenters. The largest absolute Gasteiger partial charge is 0.314 e. The third kappa shape index (κ3) is 9.21. The highest BCUT2D eigenvalue weighted by atomic mass is 14.9. The molecule has 0 saturated carbocycles. The third-order valence-corrected chi connectivity index (χ3v) is 3.48. The summed E-state index contributed by atoms with van der Waals surface area (Å²) in [6, 6.07) is 0.693. The first-order chi connectivity index (χ1) is 7.60. The maximum Gasteiger partial charge on any atom is 0.00389 e. The molecule has 0 aliphatic rings. The summed E-state index contributed by atoms with van der Waals surface area (Å²) in [6.45, 7) is 12.8. The Bertz CT molecular complexity index is 142. The predicted molar refractivity (Wildman–Crippen MR) is 74.8 cm³/mol. The van der Waals surface area contributed by atoms with Crippen LogP contribution < -0.4 is 5.32 Å². The average Bonchev–Trinajstić information content (AvgIpc) is 2.26. The van der Waals surface area contributed by atoms with E-state index in [0.717, 1.165) is 11.8 Å². The van der Waals surface area contributed by atoms with Crippen LogP contribution in [0.25, 0.3) is 0 Å². The van der Waals surface area contributed by atoms with E-state index >= 15 is 0 Å². The van der Waals surface area contributed by atoms with Crippen molar-refractivity contribution in [2.24, 2.45) is 11.8 Å². The standard InChI is InChI=1S/C15H33N/c1-6-8-9-15(7-2)12-16-14(5)11-10-13(3)4/h13-16H,6-12H2,1-5H3. The van der Waals surface area contributed by atoms with Gasteiger partial charge in [-0.15, -0.1) is 0 Å². The second kappa shape index (κ2) is 10.1. The minimum atomic E-state index is 0.693. The lowest BCUT2D eigenvalue weighted by Crippen LogP contribution is -2.31. The first-order valence-electron chi connectivity index (χ1n) is 7.33. The maximum absolute atomic E-state index is 3.70. The van der Waals surface area contributed by atoms with Crippen LogP contribution >= 0.6 is 0 Å². The van der Waals surface area contributed by atoms with E-state index < -0.39 is 0 Å². The van der Waals surface area contributed by atoms with Crippen molar-refractivity contribution in [3.63, 3.8) is 0 Å². The highest BCUT2D eigenvalue weighted by molar-refractivity contribution is 4.66. The molecule has 98 valence electrons. The fourth-order valence-electron chi connectivity index (χ4n) is 2.00. The molecule has 0 radical (unpaired) electrons. The van der Waals surface area contributed by atoms with Gasteiger partial charge < -0.3 is 5.32 Å². The predicted octanol–water partition coefficient (Wildman–Crippen LogP) is 4.62. The zero-order chi connectivity index (χ0) is 12.4. The van der Waals surface area contributed by atoms with Crippen molar-refractivity contribution < 1.29 is 0 Å². The fraction of sp³-hybridized carbons (Fsp3) is 1.00.